The first kappa shape index (κ1) is 11.8. The van der Waals surface area contributed by atoms with Crippen molar-refractivity contribution in [3.63, 3.8) is 0 Å². The number of nitrogens with zero attached hydrogens (tertiary/aromatic N) is 3. The molecule has 1 heterocycles. The number of ether oxygens (including phenoxy) is 1. The van der Waals surface area contributed by atoms with E-state index in [4.69, 9.17) is 10.5 Å². The van der Waals surface area contributed by atoms with Crippen molar-refractivity contribution in [2.45, 2.75) is 6.92 Å². The van der Waals surface area contributed by atoms with Crippen LogP contribution in [-0.2, 0) is 0 Å². The van der Waals surface area contributed by atoms with Gasteiger partial charge in [0, 0.05) is 5.69 Å². The van der Waals surface area contributed by atoms with E-state index in [0.29, 0.717) is 11.4 Å². The zero-order valence-corrected chi connectivity index (χ0v) is 9.53. The smallest absolute Gasteiger partial charge is 0.322 e. The Kier molecular flexibility index (Phi) is 3.05. The predicted molar refractivity (Wildman–Crippen MR) is 64.4 cm³/mol. The van der Waals surface area contributed by atoms with Crippen LogP contribution in [0.25, 0.3) is 0 Å². The molecule has 0 radical (unpaired) electrons. The molecule has 0 saturated carbocycles. The van der Waals surface area contributed by atoms with E-state index in [9.17, 15) is 10.1 Å². The van der Waals surface area contributed by atoms with Crippen LogP contribution in [0, 0.1) is 17.0 Å². The number of hydrogen-bond donors (Lipinski definition) is 1. The Morgan fingerprint density at radius 2 is 2.00 bits per heavy atom. The van der Waals surface area contributed by atoms with Crippen LogP contribution in [0.4, 0.5) is 11.4 Å². The standard InChI is InChI=1S/C11H10N4O3/c1-7-4-8(12)2-3-10(7)18-11-13-5-9(6-14-11)15(16)17/h2-6H,12H2,1H3. The summed E-state index contributed by atoms with van der Waals surface area (Å²) in [6, 6.07) is 5.18. The summed E-state index contributed by atoms with van der Waals surface area (Å²) < 4.78 is 5.40. The lowest BCUT2D eigenvalue weighted by Gasteiger charge is -2.06. The minimum Gasteiger partial charge on any atom is -0.424 e. The molecular formula is C11H10N4O3. The highest BCUT2D eigenvalue weighted by Crippen LogP contribution is 2.24. The molecule has 0 aliphatic rings. The second-order valence-corrected chi connectivity index (χ2v) is 3.61. The first-order valence-corrected chi connectivity index (χ1v) is 5.06. The molecule has 0 spiro atoms. The average Bonchev–Trinajstić information content (AvgIpc) is 2.33. The fourth-order valence-electron chi connectivity index (χ4n) is 1.34. The fraction of sp³-hybridized carbons (Fsp3) is 0.0909. The zero-order chi connectivity index (χ0) is 13.1. The largest absolute Gasteiger partial charge is 0.424 e. The van der Waals surface area contributed by atoms with Crippen molar-refractivity contribution in [3.8, 4) is 11.8 Å². The Morgan fingerprint density at radius 3 is 2.56 bits per heavy atom. The maximum absolute atomic E-state index is 10.4. The molecule has 2 N–H and O–H groups in total. The molecule has 0 aliphatic heterocycles. The number of rotatable bonds is 3. The highest BCUT2D eigenvalue weighted by molar-refractivity contribution is 5.47. The summed E-state index contributed by atoms with van der Waals surface area (Å²) >= 11 is 0. The number of nitrogens with two attached hydrogens (primary N) is 1. The fourth-order valence-corrected chi connectivity index (χ4v) is 1.34. The number of benzene rings is 1. The van der Waals surface area contributed by atoms with Crippen LogP contribution in [-0.4, -0.2) is 14.9 Å². The van der Waals surface area contributed by atoms with Crippen LogP contribution in [0.5, 0.6) is 11.8 Å². The second kappa shape index (κ2) is 4.66. The lowest BCUT2D eigenvalue weighted by Crippen LogP contribution is -1.96. The minimum absolute atomic E-state index is 0.0495. The minimum atomic E-state index is -0.571. The third-order valence-corrected chi connectivity index (χ3v) is 2.23. The van der Waals surface area contributed by atoms with Crippen molar-refractivity contribution >= 4 is 11.4 Å². The molecule has 1 aromatic carbocycles. The normalized spacial score (nSPS) is 10.1. The molecule has 0 fully saturated rings. The molecule has 0 saturated heterocycles. The number of nitrogen functional groups attached to an aromatic ring is 1. The Bertz CT molecular complexity index is 583. The summed E-state index contributed by atoms with van der Waals surface area (Å²) in [4.78, 5) is 17.4. The third kappa shape index (κ3) is 2.51. The Hall–Kier alpha value is -2.70. The number of aryl methyl sites for hydroxylation is 1. The third-order valence-electron chi connectivity index (χ3n) is 2.23. The van der Waals surface area contributed by atoms with Gasteiger partial charge in [0.05, 0.1) is 4.92 Å². The first-order valence-electron chi connectivity index (χ1n) is 5.06. The van der Waals surface area contributed by atoms with Gasteiger partial charge in [0.2, 0.25) is 0 Å². The Labute approximate surface area is 102 Å². The van der Waals surface area contributed by atoms with Gasteiger partial charge in [-0.3, -0.25) is 10.1 Å². The van der Waals surface area contributed by atoms with Crippen molar-refractivity contribution in [2.24, 2.45) is 0 Å². The lowest BCUT2D eigenvalue weighted by molar-refractivity contribution is -0.385. The van der Waals surface area contributed by atoms with Gasteiger partial charge in [0.1, 0.15) is 18.1 Å². The van der Waals surface area contributed by atoms with Gasteiger partial charge in [-0.25, -0.2) is 0 Å². The van der Waals surface area contributed by atoms with Gasteiger partial charge in [-0.2, -0.15) is 9.97 Å². The molecular weight excluding hydrogens is 236 g/mol. The summed E-state index contributed by atoms with van der Waals surface area (Å²) in [5.74, 6) is 0.554. The maximum Gasteiger partial charge on any atom is 0.322 e. The van der Waals surface area contributed by atoms with Crippen LogP contribution in [0.3, 0.4) is 0 Å². The number of anilines is 1. The summed E-state index contributed by atoms with van der Waals surface area (Å²) in [6.07, 6.45) is 2.18. The zero-order valence-electron chi connectivity index (χ0n) is 9.53. The van der Waals surface area contributed by atoms with Gasteiger partial charge in [-0.15, -0.1) is 0 Å². The molecule has 92 valence electrons. The van der Waals surface area contributed by atoms with Crippen LogP contribution in [0.15, 0.2) is 30.6 Å². The van der Waals surface area contributed by atoms with E-state index < -0.39 is 4.92 Å². The topological polar surface area (TPSA) is 104 Å². The first-order chi connectivity index (χ1) is 8.56. The molecule has 0 unspecified atom stereocenters. The lowest BCUT2D eigenvalue weighted by atomic mass is 10.2. The number of nitro groups is 1. The second-order valence-electron chi connectivity index (χ2n) is 3.61. The van der Waals surface area contributed by atoms with Gasteiger partial charge in [0.15, 0.2) is 0 Å². The molecule has 7 nitrogen and oxygen atoms in total. The van der Waals surface area contributed by atoms with E-state index in [1.54, 1.807) is 18.2 Å². The summed E-state index contributed by atoms with van der Waals surface area (Å²) in [5.41, 5.74) is 6.89. The van der Waals surface area contributed by atoms with Gasteiger partial charge in [-0.05, 0) is 30.7 Å². The number of hydrogen-bond acceptors (Lipinski definition) is 6. The van der Waals surface area contributed by atoms with Crippen molar-refractivity contribution in [2.75, 3.05) is 5.73 Å². The van der Waals surface area contributed by atoms with Gasteiger partial charge in [0.25, 0.3) is 0 Å². The molecule has 2 rings (SSSR count). The molecule has 0 atom stereocenters. The highest BCUT2D eigenvalue weighted by Gasteiger charge is 2.09. The van der Waals surface area contributed by atoms with Gasteiger partial charge in [-0.1, -0.05) is 0 Å². The molecule has 0 aliphatic carbocycles. The summed E-state index contributed by atoms with van der Waals surface area (Å²) in [6.45, 7) is 1.83. The van der Waals surface area contributed by atoms with Gasteiger partial charge < -0.3 is 10.5 Å². The van der Waals surface area contributed by atoms with E-state index in [0.717, 1.165) is 18.0 Å². The SMILES string of the molecule is Cc1cc(N)ccc1Oc1ncc([N+](=O)[O-])cn1. The quantitative estimate of drug-likeness (QED) is 0.505. The molecule has 0 bridgehead atoms. The maximum atomic E-state index is 10.4. The van der Waals surface area contributed by atoms with Gasteiger partial charge >= 0.3 is 11.7 Å². The molecule has 7 heteroatoms. The van der Waals surface area contributed by atoms with Crippen molar-refractivity contribution in [1.82, 2.24) is 9.97 Å². The Balaban J connectivity index is 2.21. The van der Waals surface area contributed by atoms with E-state index in [1.165, 1.54) is 0 Å². The Morgan fingerprint density at radius 1 is 1.33 bits per heavy atom. The van der Waals surface area contributed by atoms with Crippen LogP contribution in [0.1, 0.15) is 5.56 Å². The van der Waals surface area contributed by atoms with E-state index >= 15 is 0 Å². The van der Waals surface area contributed by atoms with Crippen molar-refractivity contribution in [3.05, 3.63) is 46.3 Å². The summed E-state index contributed by atoms with van der Waals surface area (Å²) in [5, 5.41) is 10.4. The average molecular weight is 246 g/mol. The summed E-state index contributed by atoms with van der Waals surface area (Å²) in [7, 11) is 0. The monoisotopic (exact) mass is 246 g/mol. The van der Waals surface area contributed by atoms with Crippen molar-refractivity contribution in [1.29, 1.82) is 0 Å². The van der Waals surface area contributed by atoms with Crippen LogP contribution < -0.4 is 10.5 Å². The molecule has 2 aromatic rings. The molecule has 18 heavy (non-hydrogen) atoms. The number of aromatic nitrogens is 2. The molecule has 1 aromatic heterocycles. The van der Waals surface area contributed by atoms with Crippen LogP contribution in [0.2, 0.25) is 0 Å². The predicted octanol–water partition coefficient (Wildman–Crippen LogP) is 2.07. The van der Waals surface area contributed by atoms with Crippen LogP contribution >= 0.6 is 0 Å². The van der Waals surface area contributed by atoms with E-state index in [-0.39, 0.29) is 11.7 Å². The highest BCUT2D eigenvalue weighted by atomic mass is 16.6. The van der Waals surface area contributed by atoms with E-state index in [2.05, 4.69) is 9.97 Å². The van der Waals surface area contributed by atoms with Crippen molar-refractivity contribution < 1.29 is 9.66 Å². The van der Waals surface area contributed by atoms with E-state index in [1.807, 2.05) is 6.92 Å². The molecule has 0 amide bonds.